The number of alkyl halides is 4. The van der Waals surface area contributed by atoms with Crippen molar-refractivity contribution in [2.45, 2.75) is 19.3 Å². The van der Waals surface area contributed by atoms with E-state index in [2.05, 4.69) is 4.98 Å². The summed E-state index contributed by atoms with van der Waals surface area (Å²) < 4.78 is 54.9. The molecule has 108 valence electrons. The number of rotatable bonds is 4. The van der Waals surface area contributed by atoms with Gasteiger partial charge < -0.3 is 10.5 Å². The van der Waals surface area contributed by atoms with E-state index >= 15 is 0 Å². The molecule has 0 aliphatic rings. The molecule has 1 aromatic carbocycles. The summed E-state index contributed by atoms with van der Waals surface area (Å²) in [6.45, 7) is 0.242. The Morgan fingerprint density at radius 1 is 1.30 bits per heavy atom. The molecule has 0 fully saturated rings. The molecular formula is C13H12F4N2O. The molecular weight excluding hydrogens is 276 g/mol. The summed E-state index contributed by atoms with van der Waals surface area (Å²) in [6.07, 6.45) is -3.78. The molecule has 1 aromatic heterocycles. The number of nitrogens with zero attached hydrogens (tertiary/aromatic N) is 1. The summed E-state index contributed by atoms with van der Waals surface area (Å²) >= 11 is 0. The first-order valence-electron chi connectivity index (χ1n) is 5.75. The Balaban J connectivity index is 2.36. The number of aromatic nitrogens is 1. The molecule has 3 nitrogen and oxygen atoms in total. The minimum Gasteiger partial charge on any atom is -0.486 e. The van der Waals surface area contributed by atoms with Gasteiger partial charge in [-0.3, -0.25) is 4.98 Å². The smallest absolute Gasteiger partial charge is 0.340 e. The molecule has 0 bridgehead atoms. The van der Waals surface area contributed by atoms with Gasteiger partial charge in [-0.25, -0.2) is 8.78 Å². The second kappa shape index (κ2) is 5.15. The van der Waals surface area contributed by atoms with E-state index in [1.165, 1.54) is 12.1 Å². The van der Waals surface area contributed by atoms with Gasteiger partial charge in [0.2, 0.25) is 0 Å². The maximum atomic E-state index is 12.9. The van der Waals surface area contributed by atoms with E-state index in [1.807, 2.05) is 0 Å². The molecule has 7 heteroatoms. The van der Waals surface area contributed by atoms with Gasteiger partial charge >= 0.3 is 12.3 Å². The van der Waals surface area contributed by atoms with Gasteiger partial charge in [0, 0.05) is 22.8 Å². The number of hydrogen-bond acceptors (Lipinski definition) is 3. The fraction of sp³-hybridized carbons (Fsp3) is 0.308. The predicted octanol–water partition coefficient (Wildman–Crippen LogP) is 3.40. The zero-order valence-corrected chi connectivity index (χ0v) is 10.5. The summed E-state index contributed by atoms with van der Waals surface area (Å²) in [5.74, 6) is -4.15. The van der Waals surface area contributed by atoms with E-state index in [0.29, 0.717) is 22.3 Å². The average molecular weight is 288 g/mol. The topological polar surface area (TPSA) is 48.1 Å². The Morgan fingerprint density at radius 2 is 2.00 bits per heavy atom. The highest BCUT2D eigenvalue weighted by Gasteiger charge is 2.41. The number of benzene rings is 1. The van der Waals surface area contributed by atoms with Crippen LogP contribution in [0.25, 0.3) is 10.9 Å². The lowest BCUT2D eigenvalue weighted by Gasteiger charge is -2.17. The van der Waals surface area contributed by atoms with Crippen LogP contribution in [0, 0.1) is 6.92 Å². The lowest BCUT2D eigenvalue weighted by Crippen LogP contribution is -2.33. The van der Waals surface area contributed by atoms with Crippen LogP contribution in [0.2, 0.25) is 0 Å². The molecule has 0 atom stereocenters. The molecule has 1 heterocycles. The number of ether oxygens (including phenoxy) is 1. The largest absolute Gasteiger partial charge is 0.486 e. The molecule has 0 spiro atoms. The highest BCUT2D eigenvalue weighted by atomic mass is 19.3. The van der Waals surface area contributed by atoms with Crippen LogP contribution in [0.3, 0.4) is 0 Å². The quantitative estimate of drug-likeness (QED) is 0.693. The van der Waals surface area contributed by atoms with Gasteiger partial charge in [-0.2, -0.15) is 8.78 Å². The van der Waals surface area contributed by atoms with Crippen molar-refractivity contribution in [2.75, 3.05) is 12.3 Å². The van der Waals surface area contributed by atoms with Crippen molar-refractivity contribution in [1.82, 2.24) is 4.98 Å². The third kappa shape index (κ3) is 2.92. The normalized spacial score (nSPS) is 12.1. The first-order chi connectivity index (χ1) is 9.29. The molecule has 2 aromatic rings. The van der Waals surface area contributed by atoms with Crippen LogP contribution in [0.1, 0.15) is 5.69 Å². The monoisotopic (exact) mass is 288 g/mol. The Hall–Kier alpha value is -2.05. The third-order valence-electron chi connectivity index (χ3n) is 2.66. The van der Waals surface area contributed by atoms with E-state index in [0.717, 1.165) is 0 Å². The van der Waals surface area contributed by atoms with Crippen molar-refractivity contribution < 1.29 is 22.3 Å². The lowest BCUT2D eigenvalue weighted by molar-refractivity contribution is -0.148. The number of nitrogen functional groups attached to an aromatic ring is 1. The van der Waals surface area contributed by atoms with Crippen LogP contribution in [0.4, 0.5) is 23.2 Å². The molecule has 0 radical (unpaired) electrons. The van der Waals surface area contributed by atoms with Gasteiger partial charge in [-0.15, -0.1) is 0 Å². The third-order valence-corrected chi connectivity index (χ3v) is 2.66. The van der Waals surface area contributed by atoms with Crippen molar-refractivity contribution >= 4 is 16.6 Å². The van der Waals surface area contributed by atoms with Crippen molar-refractivity contribution in [3.05, 3.63) is 30.0 Å². The Morgan fingerprint density at radius 3 is 2.65 bits per heavy atom. The summed E-state index contributed by atoms with van der Waals surface area (Å²) in [5, 5.41) is 0.403. The first kappa shape index (κ1) is 14.4. The fourth-order valence-electron chi connectivity index (χ4n) is 1.69. The zero-order chi connectivity index (χ0) is 14.9. The van der Waals surface area contributed by atoms with E-state index < -0.39 is 19.0 Å². The molecule has 2 N–H and O–H groups in total. The van der Waals surface area contributed by atoms with Crippen molar-refractivity contribution in [1.29, 1.82) is 0 Å². The predicted molar refractivity (Wildman–Crippen MR) is 67.3 cm³/mol. The molecule has 20 heavy (non-hydrogen) atoms. The molecule has 0 unspecified atom stereocenters. The summed E-state index contributed by atoms with van der Waals surface area (Å²) in [4.78, 5) is 4.19. The maximum absolute atomic E-state index is 12.9. The standard InChI is InChI=1S/C13H12F4N2O/c1-7-4-11(20-6-13(16,17)12(14)15)9-5-8(18)2-3-10(9)19-7/h2-5,12H,6,18H2,1H3. The second-order valence-corrected chi connectivity index (χ2v) is 4.39. The summed E-state index contributed by atoms with van der Waals surface area (Å²) in [7, 11) is 0. The Labute approximate surface area is 112 Å². The maximum Gasteiger partial charge on any atom is 0.340 e. The number of anilines is 1. The number of pyridine rings is 1. The van der Waals surface area contributed by atoms with Gasteiger partial charge in [0.25, 0.3) is 0 Å². The number of nitrogens with two attached hydrogens (primary N) is 1. The van der Waals surface area contributed by atoms with E-state index in [-0.39, 0.29) is 5.75 Å². The molecule has 0 amide bonds. The van der Waals surface area contributed by atoms with E-state index in [4.69, 9.17) is 10.5 Å². The Bertz CT molecular complexity index is 631. The molecule has 0 saturated heterocycles. The number of aryl methyl sites for hydroxylation is 1. The van der Waals surface area contributed by atoms with Gasteiger partial charge in [0.15, 0.2) is 6.61 Å². The van der Waals surface area contributed by atoms with Gasteiger partial charge in [-0.1, -0.05) is 0 Å². The summed E-state index contributed by atoms with van der Waals surface area (Å²) in [5.41, 5.74) is 7.03. The van der Waals surface area contributed by atoms with Crippen LogP contribution in [0.5, 0.6) is 5.75 Å². The van der Waals surface area contributed by atoms with Crippen LogP contribution in [0.15, 0.2) is 24.3 Å². The Kier molecular flexibility index (Phi) is 3.69. The van der Waals surface area contributed by atoms with E-state index in [1.54, 1.807) is 19.1 Å². The number of hydrogen-bond donors (Lipinski definition) is 1. The van der Waals surface area contributed by atoms with Crippen molar-refractivity contribution in [2.24, 2.45) is 0 Å². The van der Waals surface area contributed by atoms with Gasteiger partial charge in [0.1, 0.15) is 5.75 Å². The average Bonchev–Trinajstić information content (AvgIpc) is 2.36. The lowest BCUT2D eigenvalue weighted by atomic mass is 10.1. The second-order valence-electron chi connectivity index (χ2n) is 4.39. The fourth-order valence-corrected chi connectivity index (χ4v) is 1.69. The van der Waals surface area contributed by atoms with Crippen LogP contribution in [-0.4, -0.2) is 23.9 Å². The van der Waals surface area contributed by atoms with Crippen LogP contribution >= 0.6 is 0 Å². The van der Waals surface area contributed by atoms with Crippen LogP contribution < -0.4 is 10.5 Å². The molecule has 0 saturated carbocycles. The van der Waals surface area contributed by atoms with Crippen molar-refractivity contribution in [3.63, 3.8) is 0 Å². The zero-order valence-electron chi connectivity index (χ0n) is 10.5. The first-order valence-corrected chi connectivity index (χ1v) is 5.75. The van der Waals surface area contributed by atoms with Crippen molar-refractivity contribution in [3.8, 4) is 5.75 Å². The minimum atomic E-state index is -4.20. The number of fused-ring (bicyclic) bond motifs is 1. The molecule has 2 rings (SSSR count). The highest BCUT2D eigenvalue weighted by Crippen LogP contribution is 2.30. The number of halogens is 4. The van der Waals surface area contributed by atoms with Crippen LogP contribution in [-0.2, 0) is 0 Å². The van der Waals surface area contributed by atoms with E-state index in [9.17, 15) is 17.6 Å². The van der Waals surface area contributed by atoms with Gasteiger partial charge in [0.05, 0.1) is 5.52 Å². The highest BCUT2D eigenvalue weighted by molar-refractivity contribution is 5.87. The summed E-state index contributed by atoms with van der Waals surface area (Å²) in [6, 6.07) is 6.11. The molecule has 0 aliphatic carbocycles. The van der Waals surface area contributed by atoms with Gasteiger partial charge in [-0.05, 0) is 25.1 Å². The SMILES string of the molecule is Cc1cc(OCC(F)(F)C(F)F)c2cc(N)ccc2n1. The minimum absolute atomic E-state index is 0.0557. The molecule has 0 aliphatic heterocycles.